The first-order chi connectivity index (χ1) is 24.5. The van der Waals surface area contributed by atoms with Gasteiger partial charge in [-0.15, -0.1) is 0 Å². The van der Waals surface area contributed by atoms with Gasteiger partial charge in [0.05, 0.1) is 54.8 Å². The average Bonchev–Trinajstić information content (AvgIpc) is 3.60. The second-order valence-electron chi connectivity index (χ2n) is 15.4. The topological polar surface area (TPSA) is 150 Å². The SMILES string of the molecule is CC[C@H](C)[C@@H]([C@@H](CC(=O)N1CCC[C@H]1[C@H](OC)[C@@H](C)C(=O)N[C@H](C)[C@@H](O)c1ccccc1)OC)N(C)C(=O)[C@H](CC(C)C)NC(=O)[C@@H](NC)C(C)C. The molecule has 1 aliphatic rings. The number of aliphatic hydroxyl groups excluding tert-OH is 1. The monoisotopic (exact) mass is 732 g/mol. The normalized spacial score (nSPS) is 20.0. The summed E-state index contributed by atoms with van der Waals surface area (Å²) >= 11 is 0. The van der Waals surface area contributed by atoms with Gasteiger partial charge in [0.25, 0.3) is 0 Å². The van der Waals surface area contributed by atoms with Crippen molar-refractivity contribution in [3.8, 4) is 0 Å². The molecule has 0 unspecified atom stereocenters. The molecule has 0 aliphatic carbocycles. The lowest BCUT2D eigenvalue weighted by molar-refractivity contribution is -0.147. The van der Waals surface area contributed by atoms with Crippen molar-refractivity contribution in [2.45, 2.75) is 136 Å². The fourth-order valence-corrected chi connectivity index (χ4v) is 7.65. The number of carbonyl (C=O) groups is 4. The molecular formula is C40H69N5O7. The van der Waals surface area contributed by atoms with Crippen molar-refractivity contribution in [2.24, 2.45) is 23.7 Å². The van der Waals surface area contributed by atoms with Crippen molar-refractivity contribution in [1.82, 2.24) is 25.8 Å². The minimum absolute atomic E-state index is 0.0131. The Labute approximate surface area is 313 Å². The third-order valence-corrected chi connectivity index (χ3v) is 10.8. The predicted octanol–water partition coefficient (Wildman–Crippen LogP) is 3.92. The summed E-state index contributed by atoms with van der Waals surface area (Å²) < 4.78 is 11.9. The van der Waals surface area contributed by atoms with E-state index in [9.17, 15) is 24.3 Å². The molecule has 0 spiro atoms. The van der Waals surface area contributed by atoms with Crippen LogP contribution in [0.4, 0.5) is 0 Å². The second kappa shape index (κ2) is 21.6. The molecule has 1 fully saturated rings. The van der Waals surface area contributed by atoms with E-state index < -0.39 is 48.4 Å². The number of benzene rings is 1. The Hall–Kier alpha value is -3.06. The van der Waals surface area contributed by atoms with Gasteiger partial charge in [0, 0.05) is 27.8 Å². The predicted molar refractivity (Wildman–Crippen MR) is 204 cm³/mol. The number of amides is 4. The number of nitrogens with one attached hydrogen (secondary N) is 3. The molecular weight excluding hydrogens is 662 g/mol. The van der Waals surface area contributed by atoms with Gasteiger partial charge >= 0.3 is 0 Å². The molecule has 1 heterocycles. The van der Waals surface area contributed by atoms with Crippen LogP contribution >= 0.6 is 0 Å². The van der Waals surface area contributed by atoms with Crippen LogP contribution < -0.4 is 16.0 Å². The summed E-state index contributed by atoms with van der Waals surface area (Å²) in [5.74, 6) is -1.26. The number of hydrogen-bond acceptors (Lipinski definition) is 8. The highest BCUT2D eigenvalue weighted by molar-refractivity contribution is 5.90. The first-order valence-electron chi connectivity index (χ1n) is 19.2. The van der Waals surface area contributed by atoms with E-state index in [1.165, 1.54) is 0 Å². The van der Waals surface area contributed by atoms with E-state index in [0.29, 0.717) is 24.9 Å². The summed E-state index contributed by atoms with van der Waals surface area (Å²) in [6, 6.07) is 6.70. The van der Waals surface area contributed by atoms with Crippen LogP contribution in [0.15, 0.2) is 30.3 Å². The van der Waals surface area contributed by atoms with E-state index in [2.05, 4.69) is 16.0 Å². The van der Waals surface area contributed by atoms with Gasteiger partial charge in [-0.2, -0.15) is 0 Å². The summed E-state index contributed by atoms with van der Waals surface area (Å²) in [4.78, 5) is 58.6. The molecule has 0 radical (unpaired) electrons. The van der Waals surface area contributed by atoms with Crippen LogP contribution in [0.2, 0.25) is 0 Å². The quantitative estimate of drug-likeness (QED) is 0.149. The number of nitrogens with zero attached hydrogens (tertiary/aromatic N) is 2. The Morgan fingerprint density at radius 3 is 2.12 bits per heavy atom. The molecule has 1 aromatic carbocycles. The summed E-state index contributed by atoms with van der Waals surface area (Å²) in [5, 5.41) is 19.9. The summed E-state index contributed by atoms with van der Waals surface area (Å²) in [6.45, 7) is 16.1. The number of aliphatic hydroxyl groups is 1. The number of hydrogen-bond donors (Lipinski definition) is 4. The minimum atomic E-state index is -0.875. The lowest BCUT2D eigenvalue weighted by atomic mass is 9.89. The smallest absolute Gasteiger partial charge is 0.245 e. The molecule has 4 amide bonds. The largest absolute Gasteiger partial charge is 0.386 e. The Bertz CT molecular complexity index is 1260. The maximum atomic E-state index is 14.2. The van der Waals surface area contributed by atoms with Gasteiger partial charge in [-0.05, 0) is 56.6 Å². The van der Waals surface area contributed by atoms with Crippen LogP contribution in [-0.4, -0.2) is 116 Å². The Balaban J connectivity index is 2.26. The molecule has 10 atom stereocenters. The Kier molecular flexibility index (Phi) is 18.7. The molecule has 0 bridgehead atoms. The Morgan fingerprint density at radius 1 is 0.962 bits per heavy atom. The summed E-state index contributed by atoms with van der Waals surface area (Å²) in [7, 11) is 6.60. The van der Waals surface area contributed by atoms with Crippen molar-refractivity contribution in [3.05, 3.63) is 35.9 Å². The van der Waals surface area contributed by atoms with Crippen molar-refractivity contribution >= 4 is 23.6 Å². The third kappa shape index (κ3) is 12.0. The van der Waals surface area contributed by atoms with Crippen molar-refractivity contribution in [2.75, 3.05) is 34.9 Å². The fourth-order valence-electron chi connectivity index (χ4n) is 7.65. The zero-order valence-electron chi connectivity index (χ0n) is 33.8. The number of likely N-dealkylation sites (N-methyl/N-ethyl adjacent to an activating group) is 2. The highest BCUT2D eigenvalue weighted by Crippen LogP contribution is 2.30. The van der Waals surface area contributed by atoms with Gasteiger partial charge in [0.15, 0.2) is 0 Å². The van der Waals surface area contributed by atoms with Crippen LogP contribution in [0.5, 0.6) is 0 Å². The number of methoxy groups -OCH3 is 2. The van der Waals surface area contributed by atoms with Crippen LogP contribution in [0.3, 0.4) is 0 Å². The lowest BCUT2D eigenvalue weighted by Gasteiger charge is -2.40. The Morgan fingerprint density at radius 2 is 1.60 bits per heavy atom. The first-order valence-corrected chi connectivity index (χ1v) is 19.2. The standard InChI is InChI=1S/C40H69N5O7/c1-13-26(6)35(44(10)40(50)30(22-24(2)3)43-39(49)34(41-9)25(4)5)32(51-11)23-33(46)45-21-17-20-31(45)37(52-12)27(7)38(48)42-28(8)36(47)29-18-15-14-16-19-29/h14-16,18-19,24-28,30-32,34-37,41,47H,13,17,20-23H2,1-12H3,(H,42,48)(H,43,49)/t26-,27+,28+,30-,31-,32+,34-,35-,36+,37+/m0/s1. The molecule has 1 saturated heterocycles. The average molecular weight is 732 g/mol. The first kappa shape index (κ1) is 45.1. The van der Waals surface area contributed by atoms with Crippen LogP contribution in [0.1, 0.15) is 99.2 Å². The molecule has 1 aromatic rings. The molecule has 1 aliphatic heterocycles. The highest BCUT2D eigenvalue weighted by atomic mass is 16.5. The molecule has 0 aromatic heterocycles. The summed E-state index contributed by atoms with van der Waals surface area (Å²) in [6.07, 6.45) is 0.624. The zero-order valence-corrected chi connectivity index (χ0v) is 33.8. The van der Waals surface area contributed by atoms with Crippen molar-refractivity contribution in [3.63, 3.8) is 0 Å². The zero-order chi connectivity index (χ0) is 39.3. The fraction of sp³-hybridized carbons (Fsp3) is 0.750. The van der Waals surface area contributed by atoms with Gasteiger partial charge in [0.1, 0.15) is 6.04 Å². The van der Waals surface area contributed by atoms with Crippen LogP contribution in [-0.2, 0) is 28.7 Å². The van der Waals surface area contributed by atoms with Gasteiger partial charge in [-0.1, -0.05) is 85.2 Å². The van der Waals surface area contributed by atoms with Crippen molar-refractivity contribution < 1.29 is 33.8 Å². The van der Waals surface area contributed by atoms with E-state index in [0.717, 1.165) is 12.8 Å². The number of likely N-dealkylation sites (tertiary alicyclic amines) is 1. The van der Waals surface area contributed by atoms with E-state index in [1.54, 1.807) is 52.0 Å². The number of ether oxygens (including phenoxy) is 2. The second-order valence-corrected chi connectivity index (χ2v) is 15.4. The van der Waals surface area contributed by atoms with Gasteiger partial charge in [-0.25, -0.2) is 0 Å². The molecule has 2 rings (SSSR count). The van der Waals surface area contributed by atoms with Crippen LogP contribution in [0, 0.1) is 23.7 Å². The maximum absolute atomic E-state index is 14.2. The van der Waals surface area contributed by atoms with E-state index in [1.807, 2.05) is 71.9 Å². The van der Waals surface area contributed by atoms with Gasteiger partial charge < -0.3 is 40.3 Å². The van der Waals surface area contributed by atoms with Gasteiger partial charge in [0.2, 0.25) is 23.6 Å². The van der Waals surface area contributed by atoms with E-state index >= 15 is 0 Å². The van der Waals surface area contributed by atoms with E-state index in [4.69, 9.17) is 9.47 Å². The molecule has 296 valence electrons. The maximum Gasteiger partial charge on any atom is 0.245 e. The van der Waals surface area contributed by atoms with Gasteiger partial charge in [-0.3, -0.25) is 19.2 Å². The number of carbonyl (C=O) groups excluding carboxylic acids is 4. The molecule has 0 saturated carbocycles. The lowest BCUT2D eigenvalue weighted by Crippen LogP contribution is -2.58. The molecule has 4 N–H and O–H groups in total. The number of rotatable bonds is 21. The molecule has 12 heteroatoms. The highest BCUT2D eigenvalue weighted by Gasteiger charge is 2.43. The van der Waals surface area contributed by atoms with Crippen molar-refractivity contribution in [1.29, 1.82) is 0 Å². The minimum Gasteiger partial charge on any atom is -0.386 e. The summed E-state index contributed by atoms with van der Waals surface area (Å²) in [5.41, 5.74) is 0.711. The van der Waals surface area contributed by atoms with E-state index in [-0.39, 0.29) is 53.8 Å². The molecule has 12 nitrogen and oxygen atoms in total. The third-order valence-electron chi connectivity index (χ3n) is 10.8. The molecule has 52 heavy (non-hydrogen) atoms. The van der Waals surface area contributed by atoms with Crippen LogP contribution in [0.25, 0.3) is 0 Å².